The molecular formula is C6H9N3O4. The molecule has 0 spiro atoms. The Bertz CT molecular complexity index is 285. The molecule has 1 aromatic heterocycles. The maximum Gasteiger partial charge on any atom is 0.415 e. The zero-order chi connectivity index (χ0) is 9.68. The van der Waals surface area contributed by atoms with Crippen molar-refractivity contribution >= 4 is 12.1 Å². The number of hydrogen-bond donors (Lipinski definition) is 2. The number of ether oxygens (including phenoxy) is 1. The summed E-state index contributed by atoms with van der Waals surface area (Å²) in [6.07, 6.45) is -0.738. The summed E-state index contributed by atoms with van der Waals surface area (Å²) < 4.78 is 9.31. The summed E-state index contributed by atoms with van der Waals surface area (Å²) >= 11 is 0. The van der Waals surface area contributed by atoms with Crippen molar-refractivity contribution in [1.82, 2.24) is 10.2 Å². The molecule has 13 heavy (non-hydrogen) atoms. The van der Waals surface area contributed by atoms with E-state index in [9.17, 15) is 4.79 Å². The predicted molar refractivity (Wildman–Crippen MR) is 41.1 cm³/mol. The van der Waals surface area contributed by atoms with Crippen LogP contribution in [0.5, 0.6) is 0 Å². The van der Waals surface area contributed by atoms with E-state index in [1.54, 1.807) is 6.92 Å². The molecule has 1 heterocycles. The van der Waals surface area contributed by atoms with Gasteiger partial charge in [-0.25, -0.2) is 10.1 Å². The van der Waals surface area contributed by atoms with E-state index in [4.69, 9.17) is 9.52 Å². The van der Waals surface area contributed by atoms with Crippen LogP contribution in [0.2, 0.25) is 0 Å². The van der Waals surface area contributed by atoms with Crippen molar-refractivity contribution in [1.29, 1.82) is 0 Å². The molecular weight excluding hydrogens is 178 g/mol. The first-order valence-electron chi connectivity index (χ1n) is 3.57. The van der Waals surface area contributed by atoms with Crippen molar-refractivity contribution in [2.75, 3.05) is 18.5 Å². The fraction of sp³-hybridized carbons (Fsp3) is 0.500. The molecule has 0 fully saturated rings. The van der Waals surface area contributed by atoms with Crippen LogP contribution in [0.25, 0.3) is 0 Å². The minimum Gasteiger partial charge on any atom is -0.447 e. The normalized spacial score (nSPS) is 9.69. The molecule has 7 heteroatoms. The minimum absolute atomic E-state index is 0.0274. The molecule has 0 saturated carbocycles. The highest BCUT2D eigenvalue weighted by atomic mass is 16.6. The van der Waals surface area contributed by atoms with Gasteiger partial charge in [0, 0.05) is 6.92 Å². The van der Waals surface area contributed by atoms with Gasteiger partial charge in [-0.2, -0.15) is 0 Å². The minimum atomic E-state index is -0.738. The highest BCUT2D eigenvalue weighted by Gasteiger charge is 2.07. The number of nitrogens with zero attached hydrogens (tertiary/aromatic N) is 2. The van der Waals surface area contributed by atoms with Gasteiger partial charge in [0.25, 0.3) is 0 Å². The Morgan fingerprint density at radius 1 is 1.69 bits per heavy atom. The smallest absolute Gasteiger partial charge is 0.415 e. The van der Waals surface area contributed by atoms with E-state index in [0.29, 0.717) is 5.89 Å². The van der Waals surface area contributed by atoms with Crippen molar-refractivity contribution in [2.24, 2.45) is 0 Å². The van der Waals surface area contributed by atoms with Crippen LogP contribution in [0, 0.1) is 6.92 Å². The van der Waals surface area contributed by atoms with Gasteiger partial charge in [0.2, 0.25) is 5.89 Å². The van der Waals surface area contributed by atoms with Gasteiger partial charge in [-0.3, -0.25) is 0 Å². The Hall–Kier alpha value is -1.63. The molecule has 0 radical (unpaired) electrons. The van der Waals surface area contributed by atoms with E-state index in [0.717, 1.165) is 0 Å². The Balaban J connectivity index is 2.36. The Kier molecular flexibility index (Phi) is 3.21. The molecule has 7 nitrogen and oxygen atoms in total. The molecule has 0 aliphatic carbocycles. The first-order chi connectivity index (χ1) is 6.22. The van der Waals surface area contributed by atoms with Crippen molar-refractivity contribution in [3.05, 3.63) is 5.89 Å². The van der Waals surface area contributed by atoms with Crippen molar-refractivity contribution in [2.45, 2.75) is 6.92 Å². The summed E-state index contributed by atoms with van der Waals surface area (Å²) in [6, 6.07) is -0.0274. The zero-order valence-corrected chi connectivity index (χ0v) is 6.98. The van der Waals surface area contributed by atoms with Crippen LogP contribution in [0.1, 0.15) is 5.89 Å². The van der Waals surface area contributed by atoms with Gasteiger partial charge >= 0.3 is 12.1 Å². The molecule has 0 bridgehead atoms. The Morgan fingerprint density at radius 2 is 2.46 bits per heavy atom. The van der Waals surface area contributed by atoms with E-state index >= 15 is 0 Å². The lowest BCUT2D eigenvalue weighted by Gasteiger charge is -2.00. The maximum atomic E-state index is 10.8. The van der Waals surface area contributed by atoms with Crippen molar-refractivity contribution < 1.29 is 19.1 Å². The number of aryl methyl sites for hydroxylation is 1. The number of nitrogens with one attached hydrogen (secondary N) is 1. The van der Waals surface area contributed by atoms with Crippen molar-refractivity contribution in [3.63, 3.8) is 0 Å². The molecule has 0 aromatic carbocycles. The number of aromatic nitrogens is 2. The predicted octanol–water partition coefficient (Wildman–Crippen LogP) is -0.0812. The second-order valence-electron chi connectivity index (χ2n) is 2.11. The fourth-order valence-electron chi connectivity index (χ4n) is 0.609. The van der Waals surface area contributed by atoms with Gasteiger partial charge in [-0.05, 0) is 0 Å². The molecule has 1 amide bonds. The van der Waals surface area contributed by atoms with Crippen LogP contribution in [-0.4, -0.2) is 34.6 Å². The Morgan fingerprint density at radius 3 is 3.00 bits per heavy atom. The van der Waals surface area contributed by atoms with Gasteiger partial charge in [-0.1, -0.05) is 5.10 Å². The molecule has 0 atom stereocenters. The molecule has 2 N–H and O–H groups in total. The second kappa shape index (κ2) is 4.41. The third-order valence-electron chi connectivity index (χ3n) is 1.06. The van der Waals surface area contributed by atoms with Gasteiger partial charge in [0.1, 0.15) is 6.61 Å². The summed E-state index contributed by atoms with van der Waals surface area (Å²) in [6.45, 7) is 1.30. The Labute approximate surface area is 73.7 Å². The topological polar surface area (TPSA) is 97.5 Å². The maximum absolute atomic E-state index is 10.8. The van der Waals surface area contributed by atoms with E-state index in [-0.39, 0.29) is 19.2 Å². The molecule has 1 rings (SSSR count). The summed E-state index contributed by atoms with van der Waals surface area (Å²) in [5.74, 6) is 0.345. The molecule has 0 unspecified atom stereocenters. The van der Waals surface area contributed by atoms with E-state index in [2.05, 4.69) is 20.3 Å². The first kappa shape index (κ1) is 9.46. The number of carbonyl (C=O) groups excluding carboxylic acids is 1. The number of hydrogen-bond acceptors (Lipinski definition) is 6. The van der Waals surface area contributed by atoms with E-state index < -0.39 is 6.09 Å². The zero-order valence-electron chi connectivity index (χ0n) is 6.98. The third kappa shape index (κ3) is 3.08. The highest BCUT2D eigenvalue weighted by molar-refractivity contribution is 5.81. The van der Waals surface area contributed by atoms with Crippen LogP contribution in [0.4, 0.5) is 10.8 Å². The quantitative estimate of drug-likeness (QED) is 0.686. The lowest BCUT2D eigenvalue weighted by Crippen LogP contribution is -2.15. The number of amides is 1. The van der Waals surface area contributed by atoms with Crippen LogP contribution < -0.4 is 5.32 Å². The standard InChI is InChI=1S/C6H9N3O4/c1-4-8-9-5(13-4)7-6(11)12-3-2-10/h10H,2-3H2,1H3,(H,7,9,11). The molecule has 0 aliphatic heterocycles. The largest absolute Gasteiger partial charge is 0.447 e. The average molecular weight is 187 g/mol. The molecule has 0 saturated heterocycles. The number of aliphatic hydroxyl groups is 1. The number of carbonyl (C=O) groups is 1. The number of aliphatic hydroxyl groups excluding tert-OH is 1. The van der Waals surface area contributed by atoms with Crippen molar-refractivity contribution in [3.8, 4) is 0 Å². The summed E-state index contributed by atoms with van der Waals surface area (Å²) in [5, 5.41) is 17.5. The average Bonchev–Trinajstić information content (AvgIpc) is 2.48. The number of anilines is 1. The van der Waals surface area contributed by atoms with Gasteiger partial charge in [0.05, 0.1) is 6.61 Å². The SMILES string of the molecule is Cc1nnc(NC(=O)OCCO)o1. The molecule has 1 aromatic rings. The van der Waals surface area contributed by atoms with Crippen LogP contribution in [0.15, 0.2) is 4.42 Å². The highest BCUT2D eigenvalue weighted by Crippen LogP contribution is 2.03. The van der Waals surface area contributed by atoms with Gasteiger partial charge in [-0.15, -0.1) is 5.10 Å². The second-order valence-corrected chi connectivity index (χ2v) is 2.11. The molecule has 0 aliphatic rings. The van der Waals surface area contributed by atoms with Crippen LogP contribution in [-0.2, 0) is 4.74 Å². The third-order valence-corrected chi connectivity index (χ3v) is 1.06. The monoisotopic (exact) mass is 187 g/mol. The summed E-state index contributed by atoms with van der Waals surface area (Å²) in [5.41, 5.74) is 0. The van der Waals surface area contributed by atoms with Crippen LogP contribution >= 0.6 is 0 Å². The fourth-order valence-corrected chi connectivity index (χ4v) is 0.609. The number of rotatable bonds is 3. The molecule has 72 valence electrons. The van der Waals surface area contributed by atoms with E-state index in [1.807, 2.05) is 0 Å². The van der Waals surface area contributed by atoms with Gasteiger partial charge in [0.15, 0.2) is 0 Å². The summed E-state index contributed by atoms with van der Waals surface area (Å²) in [7, 11) is 0. The van der Waals surface area contributed by atoms with Gasteiger partial charge < -0.3 is 14.3 Å². The lowest BCUT2D eigenvalue weighted by molar-refractivity contribution is 0.130. The van der Waals surface area contributed by atoms with E-state index in [1.165, 1.54) is 0 Å². The summed E-state index contributed by atoms with van der Waals surface area (Å²) in [4.78, 5) is 10.8. The first-order valence-corrected chi connectivity index (χ1v) is 3.57. The van der Waals surface area contributed by atoms with Crippen LogP contribution in [0.3, 0.4) is 0 Å². The lowest BCUT2D eigenvalue weighted by atomic mass is 10.8.